The Labute approximate surface area is 118 Å². The highest BCUT2D eigenvalue weighted by atomic mass is 16.7. The molecule has 106 valence electrons. The summed E-state index contributed by atoms with van der Waals surface area (Å²) in [5, 5.41) is 4.46. The molecule has 20 heavy (non-hydrogen) atoms. The van der Waals surface area contributed by atoms with Gasteiger partial charge in [0.2, 0.25) is 0 Å². The van der Waals surface area contributed by atoms with E-state index in [0.717, 1.165) is 13.2 Å². The van der Waals surface area contributed by atoms with E-state index < -0.39 is 0 Å². The summed E-state index contributed by atoms with van der Waals surface area (Å²) in [5.74, 6) is 1.21. The van der Waals surface area contributed by atoms with Crippen molar-refractivity contribution in [2.45, 2.75) is 37.9 Å². The molecule has 1 aliphatic carbocycles. The van der Waals surface area contributed by atoms with Gasteiger partial charge in [-0.05, 0) is 43.7 Å². The third-order valence-corrected chi connectivity index (χ3v) is 4.70. The standard InChI is InChI=1S/C16H20N2O2/c1-2-8-18-15(3-1)14(11-17-18)12-4-6-13(7-5-12)16-19-9-10-20-16/h1-3,8,11-13,16H,4-7,9-10H2. The van der Waals surface area contributed by atoms with Gasteiger partial charge in [0.25, 0.3) is 0 Å². The van der Waals surface area contributed by atoms with E-state index in [1.165, 1.54) is 36.8 Å². The minimum Gasteiger partial charge on any atom is -0.350 e. The molecule has 4 rings (SSSR count). The first-order valence-corrected chi connectivity index (χ1v) is 7.57. The van der Waals surface area contributed by atoms with Gasteiger partial charge in [-0.1, -0.05) is 6.07 Å². The predicted octanol–water partition coefficient (Wildman–Crippen LogP) is 2.98. The Morgan fingerprint density at radius 3 is 2.65 bits per heavy atom. The molecule has 0 unspecified atom stereocenters. The van der Waals surface area contributed by atoms with Crippen LogP contribution in [0.15, 0.2) is 30.6 Å². The van der Waals surface area contributed by atoms with Crippen molar-refractivity contribution < 1.29 is 9.47 Å². The van der Waals surface area contributed by atoms with Crippen molar-refractivity contribution in [3.63, 3.8) is 0 Å². The smallest absolute Gasteiger partial charge is 0.160 e. The molecule has 1 aliphatic heterocycles. The number of pyridine rings is 1. The quantitative estimate of drug-likeness (QED) is 0.843. The fourth-order valence-electron chi connectivity index (χ4n) is 3.62. The topological polar surface area (TPSA) is 35.8 Å². The van der Waals surface area contributed by atoms with Gasteiger partial charge in [-0.25, -0.2) is 4.52 Å². The third kappa shape index (κ3) is 2.13. The van der Waals surface area contributed by atoms with E-state index in [0.29, 0.717) is 11.8 Å². The van der Waals surface area contributed by atoms with Crippen LogP contribution in [0, 0.1) is 5.92 Å². The van der Waals surface area contributed by atoms with Gasteiger partial charge in [0.15, 0.2) is 6.29 Å². The predicted molar refractivity (Wildman–Crippen MR) is 75.6 cm³/mol. The highest BCUT2D eigenvalue weighted by Gasteiger charge is 2.32. The minimum absolute atomic E-state index is 0.0554. The number of aromatic nitrogens is 2. The van der Waals surface area contributed by atoms with Gasteiger partial charge in [0.05, 0.1) is 24.9 Å². The molecule has 4 nitrogen and oxygen atoms in total. The van der Waals surface area contributed by atoms with E-state index in [4.69, 9.17) is 9.47 Å². The van der Waals surface area contributed by atoms with Crippen LogP contribution in [-0.2, 0) is 9.47 Å². The van der Waals surface area contributed by atoms with Crippen LogP contribution in [0.1, 0.15) is 37.2 Å². The second-order valence-electron chi connectivity index (χ2n) is 5.85. The largest absolute Gasteiger partial charge is 0.350 e. The molecule has 0 amide bonds. The van der Waals surface area contributed by atoms with Gasteiger partial charge < -0.3 is 9.47 Å². The number of fused-ring (bicyclic) bond motifs is 1. The van der Waals surface area contributed by atoms with Crippen LogP contribution in [0.2, 0.25) is 0 Å². The maximum atomic E-state index is 5.65. The molecule has 4 heteroatoms. The maximum Gasteiger partial charge on any atom is 0.160 e. The monoisotopic (exact) mass is 272 g/mol. The molecule has 3 heterocycles. The van der Waals surface area contributed by atoms with Gasteiger partial charge in [0.1, 0.15) is 0 Å². The second kappa shape index (κ2) is 5.19. The van der Waals surface area contributed by atoms with Crippen LogP contribution < -0.4 is 0 Å². The van der Waals surface area contributed by atoms with Crippen molar-refractivity contribution in [3.05, 3.63) is 36.2 Å². The Balaban J connectivity index is 1.48. The zero-order valence-electron chi connectivity index (χ0n) is 11.6. The number of ether oxygens (including phenoxy) is 2. The molecule has 2 aromatic rings. The van der Waals surface area contributed by atoms with Crippen LogP contribution in [0.5, 0.6) is 0 Å². The molecular weight excluding hydrogens is 252 g/mol. The molecule has 0 aromatic carbocycles. The summed E-state index contributed by atoms with van der Waals surface area (Å²) in [6.07, 6.45) is 8.93. The van der Waals surface area contributed by atoms with Crippen molar-refractivity contribution >= 4 is 5.52 Å². The number of hydrogen-bond acceptors (Lipinski definition) is 3. The van der Waals surface area contributed by atoms with Crippen LogP contribution >= 0.6 is 0 Å². The number of rotatable bonds is 2. The summed E-state index contributed by atoms with van der Waals surface area (Å²) in [6, 6.07) is 6.28. The van der Waals surface area contributed by atoms with Gasteiger partial charge in [-0.2, -0.15) is 5.10 Å². The Morgan fingerprint density at radius 2 is 1.85 bits per heavy atom. The zero-order valence-corrected chi connectivity index (χ0v) is 11.6. The van der Waals surface area contributed by atoms with Crippen molar-refractivity contribution in [1.29, 1.82) is 0 Å². The van der Waals surface area contributed by atoms with Crippen molar-refractivity contribution in [2.24, 2.45) is 5.92 Å². The van der Waals surface area contributed by atoms with Crippen molar-refractivity contribution in [2.75, 3.05) is 13.2 Å². The van der Waals surface area contributed by atoms with E-state index in [2.05, 4.69) is 17.2 Å². The van der Waals surface area contributed by atoms with Gasteiger partial charge in [-0.3, -0.25) is 0 Å². The number of hydrogen-bond donors (Lipinski definition) is 0. The maximum absolute atomic E-state index is 5.65. The van der Waals surface area contributed by atoms with Crippen LogP contribution in [0.3, 0.4) is 0 Å². The normalized spacial score (nSPS) is 28.2. The Bertz CT molecular complexity index is 581. The van der Waals surface area contributed by atoms with Crippen LogP contribution in [-0.4, -0.2) is 29.1 Å². The summed E-state index contributed by atoms with van der Waals surface area (Å²) in [6.45, 7) is 1.53. The molecule has 0 spiro atoms. The molecule has 0 radical (unpaired) electrons. The first-order valence-electron chi connectivity index (χ1n) is 7.57. The Morgan fingerprint density at radius 1 is 1.05 bits per heavy atom. The molecule has 2 aliphatic rings. The van der Waals surface area contributed by atoms with E-state index in [-0.39, 0.29) is 6.29 Å². The molecule has 1 saturated carbocycles. The third-order valence-electron chi connectivity index (χ3n) is 4.70. The molecular formula is C16H20N2O2. The molecule has 2 fully saturated rings. The zero-order chi connectivity index (χ0) is 13.4. The van der Waals surface area contributed by atoms with Gasteiger partial charge >= 0.3 is 0 Å². The summed E-state index contributed by atoms with van der Waals surface area (Å²) in [5.41, 5.74) is 2.65. The molecule has 0 bridgehead atoms. The van der Waals surface area contributed by atoms with E-state index in [1.807, 2.05) is 23.0 Å². The second-order valence-corrected chi connectivity index (χ2v) is 5.85. The fraction of sp³-hybridized carbons (Fsp3) is 0.562. The average molecular weight is 272 g/mol. The Kier molecular flexibility index (Phi) is 3.20. The lowest BCUT2D eigenvalue weighted by molar-refractivity contribution is -0.0931. The lowest BCUT2D eigenvalue weighted by Gasteiger charge is -2.30. The van der Waals surface area contributed by atoms with Crippen LogP contribution in [0.25, 0.3) is 5.52 Å². The fourth-order valence-corrected chi connectivity index (χ4v) is 3.62. The van der Waals surface area contributed by atoms with Crippen molar-refractivity contribution in [1.82, 2.24) is 9.61 Å². The lowest BCUT2D eigenvalue weighted by Crippen LogP contribution is -2.25. The highest BCUT2D eigenvalue weighted by molar-refractivity contribution is 5.55. The van der Waals surface area contributed by atoms with E-state index in [9.17, 15) is 0 Å². The summed E-state index contributed by atoms with van der Waals surface area (Å²) in [4.78, 5) is 0. The molecule has 2 aromatic heterocycles. The van der Waals surface area contributed by atoms with E-state index >= 15 is 0 Å². The van der Waals surface area contributed by atoms with E-state index in [1.54, 1.807) is 0 Å². The first-order chi connectivity index (χ1) is 9.92. The Hall–Kier alpha value is -1.39. The molecule has 0 N–H and O–H groups in total. The lowest BCUT2D eigenvalue weighted by atomic mass is 9.79. The van der Waals surface area contributed by atoms with Crippen molar-refractivity contribution in [3.8, 4) is 0 Å². The highest BCUT2D eigenvalue weighted by Crippen LogP contribution is 2.39. The molecule has 0 atom stereocenters. The number of nitrogens with zero attached hydrogens (tertiary/aromatic N) is 2. The van der Waals surface area contributed by atoms with Gasteiger partial charge in [-0.15, -0.1) is 0 Å². The summed E-state index contributed by atoms with van der Waals surface area (Å²) in [7, 11) is 0. The average Bonchev–Trinajstić information content (AvgIpc) is 3.17. The first kappa shape index (κ1) is 12.4. The van der Waals surface area contributed by atoms with Crippen LogP contribution in [0.4, 0.5) is 0 Å². The SMILES string of the molecule is c1ccn2ncc(C3CCC(C4OCCO4)CC3)c2c1. The van der Waals surface area contributed by atoms with Gasteiger partial charge in [0, 0.05) is 17.7 Å². The summed E-state index contributed by atoms with van der Waals surface area (Å²) >= 11 is 0. The molecule has 1 saturated heterocycles. The minimum atomic E-state index is 0.0554. The summed E-state index contributed by atoms with van der Waals surface area (Å²) < 4.78 is 13.3.